The predicted molar refractivity (Wildman–Crippen MR) is 68.3 cm³/mol. The van der Waals surface area contributed by atoms with Gasteiger partial charge in [0.25, 0.3) is 0 Å². The van der Waals surface area contributed by atoms with Crippen LogP contribution in [0.5, 0.6) is 0 Å². The molecule has 18 heavy (non-hydrogen) atoms. The van der Waals surface area contributed by atoms with Gasteiger partial charge in [0.1, 0.15) is 5.82 Å². The molecule has 0 unspecified atom stereocenters. The zero-order valence-corrected chi connectivity index (χ0v) is 10.2. The van der Waals surface area contributed by atoms with Crippen LogP contribution in [0.3, 0.4) is 0 Å². The van der Waals surface area contributed by atoms with E-state index < -0.39 is 0 Å². The molecule has 5 nitrogen and oxygen atoms in total. The largest absolute Gasteiger partial charge is 0.351 e. The molecular formula is C12H14FN5. The summed E-state index contributed by atoms with van der Waals surface area (Å²) in [6.45, 7) is 3.98. The van der Waals surface area contributed by atoms with Crippen LogP contribution in [0.4, 0.5) is 21.8 Å². The number of halogens is 1. The average Bonchev–Trinajstić information content (AvgIpc) is 2.32. The lowest BCUT2D eigenvalue weighted by Crippen LogP contribution is -2.13. The van der Waals surface area contributed by atoms with E-state index in [1.807, 2.05) is 13.8 Å². The van der Waals surface area contributed by atoms with E-state index in [9.17, 15) is 4.39 Å². The highest BCUT2D eigenvalue weighted by Gasteiger charge is 2.02. The van der Waals surface area contributed by atoms with Crippen molar-refractivity contribution in [2.24, 2.45) is 0 Å². The molecule has 1 aromatic carbocycles. The lowest BCUT2D eigenvalue weighted by Gasteiger charge is -2.09. The summed E-state index contributed by atoms with van der Waals surface area (Å²) in [5.74, 6) is 0.736. The van der Waals surface area contributed by atoms with Crippen molar-refractivity contribution in [3.8, 4) is 0 Å². The molecule has 94 valence electrons. The van der Waals surface area contributed by atoms with Crippen LogP contribution in [0.15, 0.2) is 30.5 Å². The summed E-state index contributed by atoms with van der Waals surface area (Å²) in [5.41, 5.74) is 0.743. The third kappa shape index (κ3) is 3.38. The fourth-order valence-corrected chi connectivity index (χ4v) is 1.36. The van der Waals surface area contributed by atoms with Crippen LogP contribution in [0.1, 0.15) is 13.8 Å². The van der Waals surface area contributed by atoms with E-state index in [-0.39, 0.29) is 11.9 Å². The zero-order chi connectivity index (χ0) is 13.0. The van der Waals surface area contributed by atoms with E-state index in [4.69, 9.17) is 0 Å². The Labute approximate surface area is 104 Å². The normalized spacial score (nSPS) is 10.4. The molecule has 0 aliphatic heterocycles. The van der Waals surface area contributed by atoms with Gasteiger partial charge in [-0.15, -0.1) is 5.10 Å². The highest BCUT2D eigenvalue weighted by molar-refractivity contribution is 5.55. The number of benzene rings is 1. The van der Waals surface area contributed by atoms with E-state index in [1.165, 1.54) is 18.3 Å². The van der Waals surface area contributed by atoms with E-state index in [0.717, 1.165) is 5.69 Å². The third-order valence-corrected chi connectivity index (χ3v) is 2.09. The molecule has 0 saturated carbocycles. The van der Waals surface area contributed by atoms with Crippen LogP contribution in [0.2, 0.25) is 0 Å². The lowest BCUT2D eigenvalue weighted by molar-refractivity contribution is 0.628. The molecule has 2 N–H and O–H groups in total. The van der Waals surface area contributed by atoms with Crippen molar-refractivity contribution in [1.82, 2.24) is 15.2 Å². The summed E-state index contributed by atoms with van der Waals surface area (Å²) in [6.07, 6.45) is 1.51. The molecule has 0 saturated heterocycles. The first-order valence-electron chi connectivity index (χ1n) is 5.62. The minimum atomic E-state index is -0.275. The van der Waals surface area contributed by atoms with Gasteiger partial charge in [0.2, 0.25) is 5.95 Å². The SMILES string of the molecule is CC(C)Nc1nncc(Nc2ccc(F)cc2)n1. The van der Waals surface area contributed by atoms with Crippen LogP contribution >= 0.6 is 0 Å². The minimum Gasteiger partial charge on any atom is -0.351 e. The van der Waals surface area contributed by atoms with E-state index >= 15 is 0 Å². The Bertz CT molecular complexity index is 512. The fourth-order valence-electron chi connectivity index (χ4n) is 1.36. The highest BCUT2D eigenvalue weighted by Crippen LogP contribution is 2.14. The first-order valence-corrected chi connectivity index (χ1v) is 5.62. The molecule has 0 aliphatic rings. The van der Waals surface area contributed by atoms with Gasteiger partial charge in [-0.05, 0) is 38.1 Å². The van der Waals surface area contributed by atoms with Gasteiger partial charge in [-0.25, -0.2) is 4.39 Å². The van der Waals surface area contributed by atoms with E-state index in [1.54, 1.807) is 12.1 Å². The molecular weight excluding hydrogens is 233 g/mol. The van der Waals surface area contributed by atoms with Crippen LogP contribution in [0.25, 0.3) is 0 Å². The molecule has 0 fully saturated rings. The topological polar surface area (TPSA) is 62.7 Å². The number of nitrogens with zero attached hydrogens (tertiary/aromatic N) is 3. The number of anilines is 3. The highest BCUT2D eigenvalue weighted by atomic mass is 19.1. The zero-order valence-electron chi connectivity index (χ0n) is 10.2. The van der Waals surface area contributed by atoms with Gasteiger partial charge in [0.15, 0.2) is 5.82 Å². The number of hydrogen-bond donors (Lipinski definition) is 2. The smallest absolute Gasteiger partial charge is 0.244 e. The van der Waals surface area contributed by atoms with Crippen LogP contribution in [-0.2, 0) is 0 Å². The van der Waals surface area contributed by atoms with Crippen molar-refractivity contribution >= 4 is 17.5 Å². The molecule has 0 bridgehead atoms. The fraction of sp³-hybridized carbons (Fsp3) is 0.250. The van der Waals surface area contributed by atoms with Crippen molar-refractivity contribution in [2.45, 2.75) is 19.9 Å². The van der Waals surface area contributed by atoms with Gasteiger partial charge in [-0.1, -0.05) is 0 Å². The van der Waals surface area contributed by atoms with Gasteiger partial charge < -0.3 is 10.6 Å². The van der Waals surface area contributed by atoms with Crippen LogP contribution < -0.4 is 10.6 Å². The molecule has 0 radical (unpaired) electrons. The van der Waals surface area contributed by atoms with Gasteiger partial charge in [0, 0.05) is 11.7 Å². The second kappa shape index (κ2) is 5.39. The molecule has 0 amide bonds. The average molecular weight is 247 g/mol. The summed E-state index contributed by atoms with van der Waals surface area (Å²) in [7, 11) is 0. The number of nitrogens with one attached hydrogen (secondary N) is 2. The molecule has 0 spiro atoms. The molecule has 1 heterocycles. The Morgan fingerprint density at radius 1 is 1.17 bits per heavy atom. The summed E-state index contributed by atoms with van der Waals surface area (Å²) in [6, 6.07) is 6.25. The van der Waals surface area contributed by atoms with Crippen LogP contribution in [-0.4, -0.2) is 21.2 Å². The molecule has 0 atom stereocenters. The lowest BCUT2D eigenvalue weighted by atomic mass is 10.3. The first-order chi connectivity index (χ1) is 8.63. The van der Waals surface area contributed by atoms with E-state index in [2.05, 4.69) is 25.8 Å². The maximum atomic E-state index is 12.8. The maximum Gasteiger partial charge on any atom is 0.244 e. The Kier molecular flexibility index (Phi) is 3.66. The standard InChI is InChI=1S/C12H14FN5/c1-8(2)15-12-17-11(7-14-18-12)16-10-5-3-9(13)4-6-10/h3-8H,1-2H3,(H2,15,16,17,18). The monoisotopic (exact) mass is 247 g/mol. The quantitative estimate of drug-likeness (QED) is 0.869. The summed E-state index contributed by atoms with van der Waals surface area (Å²) in [5, 5.41) is 13.8. The maximum absolute atomic E-state index is 12.8. The number of rotatable bonds is 4. The number of aromatic nitrogens is 3. The van der Waals surface area contributed by atoms with E-state index in [0.29, 0.717) is 11.8 Å². The number of hydrogen-bond acceptors (Lipinski definition) is 5. The molecule has 6 heteroatoms. The molecule has 2 aromatic rings. The Morgan fingerprint density at radius 2 is 1.89 bits per heavy atom. The Balaban J connectivity index is 2.11. The van der Waals surface area contributed by atoms with Crippen molar-refractivity contribution in [2.75, 3.05) is 10.6 Å². The summed E-state index contributed by atoms with van der Waals surface area (Å²) in [4.78, 5) is 4.24. The predicted octanol–water partition coefficient (Wildman–Crippen LogP) is 2.57. The first kappa shape index (κ1) is 12.2. The minimum absolute atomic E-state index is 0.230. The second-order valence-corrected chi connectivity index (χ2v) is 4.10. The van der Waals surface area contributed by atoms with Crippen LogP contribution in [0, 0.1) is 5.82 Å². The van der Waals surface area contributed by atoms with Gasteiger partial charge in [-0.2, -0.15) is 10.1 Å². The van der Waals surface area contributed by atoms with Gasteiger partial charge in [0.05, 0.1) is 6.20 Å². The molecule has 0 aliphatic carbocycles. The van der Waals surface area contributed by atoms with Crippen molar-refractivity contribution in [3.05, 3.63) is 36.3 Å². The summed E-state index contributed by atoms with van der Waals surface area (Å²) < 4.78 is 12.8. The Hall–Kier alpha value is -2.24. The van der Waals surface area contributed by atoms with Gasteiger partial charge >= 0.3 is 0 Å². The van der Waals surface area contributed by atoms with Gasteiger partial charge in [-0.3, -0.25) is 0 Å². The Morgan fingerprint density at radius 3 is 2.56 bits per heavy atom. The second-order valence-electron chi connectivity index (χ2n) is 4.10. The van der Waals surface area contributed by atoms with Crippen molar-refractivity contribution in [1.29, 1.82) is 0 Å². The van der Waals surface area contributed by atoms with Crippen molar-refractivity contribution in [3.63, 3.8) is 0 Å². The molecule has 2 rings (SSSR count). The molecule has 1 aromatic heterocycles. The summed E-state index contributed by atoms with van der Waals surface area (Å²) >= 11 is 0. The third-order valence-electron chi connectivity index (χ3n) is 2.09. The van der Waals surface area contributed by atoms with Crippen molar-refractivity contribution < 1.29 is 4.39 Å².